The van der Waals surface area contributed by atoms with E-state index in [4.69, 9.17) is 11.6 Å². The summed E-state index contributed by atoms with van der Waals surface area (Å²) < 4.78 is 12.9. The predicted octanol–water partition coefficient (Wildman–Crippen LogP) is 3.13. The number of hydrogen-bond donors (Lipinski definition) is 0. The Labute approximate surface area is 66.5 Å². The van der Waals surface area contributed by atoms with Gasteiger partial charge < -0.3 is 0 Å². The van der Waals surface area contributed by atoms with E-state index < -0.39 is 0 Å². The van der Waals surface area contributed by atoms with E-state index in [9.17, 15) is 4.39 Å². The first kappa shape index (κ1) is 7.29. The van der Waals surface area contributed by atoms with Crippen molar-refractivity contribution in [2.24, 2.45) is 0 Å². The molecule has 1 atom stereocenters. The van der Waals surface area contributed by atoms with E-state index in [-0.39, 0.29) is 11.2 Å². The van der Waals surface area contributed by atoms with Crippen LogP contribution in [-0.4, -0.2) is 5.38 Å². The summed E-state index contributed by atoms with van der Waals surface area (Å²) >= 11 is 8.69. The molecule has 0 fully saturated rings. The van der Waals surface area contributed by atoms with Crippen molar-refractivity contribution < 1.29 is 4.39 Å². The molecular weight excluding hydrogens is 206 g/mol. The molecule has 1 rings (SSSR count). The van der Waals surface area contributed by atoms with Gasteiger partial charge in [-0.05, 0) is 34.5 Å². The summed E-state index contributed by atoms with van der Waals surface area (Å²) in [7, 11) is 0. The van der Waals surface area contributed by atoms with Crippen LogP contribution in [0.15, 0.2) is 22.5 Å². The fourth-order valence-electron chi connectivity index (χ4n) is 0.620. The lowest BCUT2D eigenvalue weighted by Gasteiger charge is -2.06. The first-order valence-corrected chi connectivity index (χ1v) is 3.80. The molecule has 0 aromatic heterocycles. The molecule has 3 heteroatoms. The van der Waals surface area contributed by atoms with Crippen LogP contribution in [0.4, 0.5) is 4.39 Å². The number of hydrogen-bond acceptors (Lipinski definition) is 0. The van der Waals surface area contributed by atoms with Gasteiger partial charge in [-0.15, -0.1) is 11.6 Å². The second-order valence-electron chi connectivity index (χ2n) is 1.82. The minimum absolute atomic E-state index is 0.0566. The zero-order valence-corrected chi connectivity index (χ0v) is 6.91. The third kappa shape index (κ3) is 1.80. The normalized spacial score (nSPS) is 27.2. The highest BCUT2D eigenvalue weighted by Gasteiger charge is 2.10. The van der Waals surface area contributed by atoms with Gasteiger partial charge in [0.05, 0.1) is 9.86 Å². The van der Waals surface area contributed by atoms with Crippen molar-refractivity contribution in [2.45, 2.75) is 11.8 Å². The molecule has 0 aromatic rings. The third-order valence-corrected chi connectivity index (χ3v) is 2.02. The quantitative estimate of drug-likeness (QED) is 0.540. The molecule has 1 aliphatic carbocycles. The Morgan fingerprint density at radius 1 is 1.78 bits per heavy atom. The Hall–Kier alpha value is 0.180. The van der Waals surface area contributed by atoms with E-state index in [1.165, 1.54) is 6.08 Å². The van der Waals surface area contributed by atoms with E-state index in [2.05, 4.69) is 15.9 Å². The largest absolute Gasteiger partial charge is 0.206 e. The van der Waals surface area contributed by atoms with Crippen LogP contribution in [0.25, 0.3) is 0 Å². The summed E-state index contributed by atoms with van der Waals surface area (Å²) in [5.41, 5.74) is 0. The van der Waals surface area contributed by atoms with E-state index in [1.807, 2.05) is 0 Å². The molecule has 1 aliphatic rings. The summed E-state index contributed by atoms with van der Waals surface area (Å²) in [5.74, 6) is -0.216. The van der Waals surface area contributed by atoms with E-state index >= 15 is 0 Å². The molecule has 50 valence electrons. The Balaban J connectivity index is 2.75. The minimum Gasteiger partial charge on any atom is -0.206 e. The summed E-state index contributed by atoms with van der Waals surface area (Å²) in [4.78, 5) is 0. The Morgan fingerprint density at radius 3 is 2.89 bits per heavy atom. The van der Waals surface area contributed by atoms with Crippen LogP contribution in [0, 0.1) is 0 Å². The molecule has 0 nitrogen and oxygen atoms in total. The van der Waals surface area contributed by atoms with Gasteiger partial charge in [-0.25, -0.2) is 4.39 Å². The fourth-order valence-corrected chi connectivity index (χ4v) is 1.47. The van der Waals surface area contributed by atoms with Gasteiger partial charge in [0.1, 0.15) is 5.83 Å². The van der Waals surface area contributed by atoms with Crippen molar-refractivity contribution in [1.82, 2.24) is 0 Å². The summed E-state index contributed by atoms with van der Waals surface area (Å²) in [6.07, 6.45) is 3.71. The summed E-state index contributed by atoms with van der Waals surface area (Å²) in [6, 6.07) is 0. The van der Waals surface area contributed by atoms with Crippen LogP contribution in [0.1, 0.15) is 6.42 Å². The average Bonchev–Trinajstić information content (AvgIpc) is 1.80. The molecule has 9 heavy (non-hydrogen) atoms. The molecule has 0 aliphatic heterocycles. The highest BCUT2D eigenvalue weighted by atomic mass is 79.9. The van der Waals surface area contributed by atoms with Gasteiger partial charge >= 0.3 is 0 Å². The predicted molar refractivity (Wildman–Crippen MR) is 40.5 cm³/mol. The van der Waals surface area contributed by atoms with Crippen LogP contribution in [0.5, 0.6) is 0 Å². The first-order chi connectivity index (χ1) is 4.20. The number of rotatable bonds is 0. The SMILES string of the molecule is FC1=CCC(Cl)C=C1Br. The zero-order valence-electron chi connectivity index (χ0n) is 4.57. The van der Waals surface area contributed by atoms with E-state index in [0.717, 1.165) is 0 Å². The molecule has 0 bridgehead atoms. The maximum absolute atomic E-state index is 12.4. The maximum atomic E-state index is 12.4. The molecule has 0 saturated carbocycles. The number of halogens is 3. The first-order valence-electron chi connectivity index (χ1n) is 2.57. The van der Waals surface area contributed by atoms with Gasteiger partial charge in [0.2, 0.25) is 0 Å². The van der Waals surface area contributed by atoms with Crippen molar-refractivity contribution in [3.8, 4) is 0 Å². The van der Waals surface area contributed by atoms with Crippen LogP contribution >= 0.6 is 27.5 Å². The highest BCUT2D eigenvalue weighted by molar-refractivity contribution is 9.11. The third-order valence-electron chi connectivity index (χ3n) is 1.08. The monoisotopic (exact) mass is 210 g/mol. The topological polar surface area (TPSA) is 0 Å². The second kappa shape index (κ2) is 2.84. The number of allylic oxidation sites excluding steroid dienone is 4. The molecule has 0 radical (unpaired) electrons. The van der Waals surface area contributed by atoms with E-state index in [1.54, 1.807) is 6.08 Å². The molecule has 0 saturated heterocycles. The average molecular weight is 211 g/mol. The minimum atomic E-state index is -0.216. The van der Waals surface area contributed by atoms with Crippen LogP contribution in [0.2, 0.25) is 0 Å². The van der Waals surface area contributed by atoms with Gasteiger partial charge in [-0.3, -0.25) is 0 Å². The Morgan fingerprint density at radius 2 is 2.44 bits per heavy atom. The standard InChI is InChI=1S/C6H5BrClF/c7-5-3-4(8)1-2-6(5)9/h2-4H,1H2. The molecular formula is C6H5BrClF. The molecule has 1 unspecified atom stereocenters. The van der Waals surface area contributed by atoms with Gasteiger partial charge in [0.25, 0.3) is 0 Å². The molecule has 0 amide bonds. The Kier molecular flexibility index (Phi) is 2.30. The Bertz CT molecular complexity index is 174. The van der Waals surface area contributed by atoms with Crippen LogP contribution in [-0.2, 0) is 0 Å². The fraction of sp³-hybridized carbons (Fsp3) is 0.333. The smallest absolute Gasteiger partial charge is 0.133 e. The lowest BCUT2D eigenvalue weighted by Crippen LogP contribution is -1.97. The van der Waals surface area contributed by atoms with Crippen LogP contribution < -0.4 is 0 Å². The molecule has 0 N–H and O–H groups in total. The number of alkyl halides is 1. The van der Waals surface area contributed by atoms with E-state index in [0.29, 0.717) is 10.9 Å². The second-order valence-corrected chi connectivity index (χ2v) is 3.23. The van der Waals surface area contributed by atoms with Crippen molar-refractivity contribution in [1.29, 1.82) is 0 Å². The highest BCUT2D eigenvalue weighted by Crippen LogP contribution is 2.26. The van der Waals surface area contributed by atoms with Crippen molar-refractivity contribution >= 4 is 27.5 Å². The summed E-state index contributed by atoms with van der Waals surface area (Å²) in [6.45, 7) is 0. The molecule has 0 heterocycles. The van der Waals surface area contributed by atoms with Gasteiger partial charge in [-0.2, -0.15) is 0 Å². The van der Waals surface area contributed by atoms with Gasteiger partial charge in [0, 0.05) is 0 Å². The van der Waals surface area contributed by atoms with Gasteiger partial charge in [-0.1, -0.05) is 0 Å². The molecule has 0 spiro atoms. The van der Waals surface area contributed by atoms with Gasteiger partial charge in [0.15, 0.2) is 0 Å². The van der Waals surface area contributed by atoms with Crippen molar-refractivity contribution in [3.63, 3.8) is 0 Å². The van der Waals surface area contributed by atoms with Crippen LogP contribution in [0.3, 0.4) is 0 Å². The summed E-state index contributed by atoms with van der Waals surface area (Å²) in [5, 5.41) is -0.0566. The van der Waals surface area contributed by atoms with Crippen molar-refractivity contribution in [2.75, 3.05) is 0 Å². The lowest BCUT2D eigenvalue weighted by atomic mass is 10.2. The van der Waals surface area contributed by atoms with Crippen molar-refractivity contribution in [3.05, 3.63) is 22.5 Å². The molecule has 0 aromatic carbocycles. The lowest BCUT2D eigenvalue weighted by molar-refractivity contribution is 0.650. The maximum Gasteiger partial charge on any atom is 0.133 e. The zero-order chi connectivity index (χ0) is 6.85.